The van der Waals surface area contributed by atoms with Gasteiger partial charge in [-0.2, -0.15) is 5.26 Å². The number of carbonyl (C=O) groups is 1. The van der Waals surface area contributed by atoms with Gasteiger partial charge in [0.25, 0.3) is 0 Å². The molecule has 2 aliphatic rings. The van der Waals surface area contributed by atoms with Gasteiger partial charge in [0.1, 0.15) is 5.41 Å². The van der Waals surface area contributed by atoms with E-state index >= 15 is 0 Å². The number of hydrogen-bond acceptors (Lipinski definition) is 3. The number of amides is 1. The molecule has 1 amide bonds. The first-order valence-corrected chi connectivity index (χ1v) is 9.14. The Kier molecular flexibility index (Phi) is 5.20. The highest BCUT2D eigenvalue weighted by Gasteiger charge is 2.47. The third-order valence-electron chi connectivity index (χ3n) is 5.60. The van der Waals surface area contributed by atoms with Gasteiger partial charge in [-0.15, -0.1) is 0 Å². The van der Waals surface area contributed by atoms with Crippen molar-refractivity contribution in [2.45, 2.75) is 39.2 Å². The average Bonchev–Trinajstić information content (AvgIpc) is 3.00. The van der Waals surface area contributed by atoms with E-state index in [4.69, 9.17) is 0 Å². The van der Waals surface area contributed by atoms with E-state index in [0.717, 1.165) is 51.9 Å². The maximum atomic E-state index is 12.8. The van der Waals surface area contributed by atoms with E-state index in [-0.39, 0.29) is 5.91 Å². The second-order valence-corrected chi connectivity index (χ2v) is 7.27. The fourth-order valence-electron chi connectivity index (χ4n) is 3.92. The lowest BCUT2D eigenvalue weighted by molar-refractivity contribution is -0.143. The normalized spacial score (nSPS) is 22.6. The summed E-state index contributed by atoms with van der Waals surface area (Å²) in [5.74, 6) is 0.591. The lowest BCUT2D eigenvalue weighted by atomic mass is 9.69. The first kappa shape index (κ1) is 17.0. The highest BCUT2D eigenvalue weighted by molar-refractivity contribution is 5.86. The van der Waals surface area contributed by atoms with E-state index in [9.17, 15) is 10.1 Å². The standard InChI is InChI=1S/C20H27N3O/c1-2-23(19(24)20(16-21)10-6-11-20)15-18-9-12-22(14-18)13-17-7-4-3-5-8-17/h3-5,7-8,18H,2,6,9-15H2,1H3. The molecule has 1 heterocycles. The third kappa shape index (κ3) is 3.47. The topological polar surface area (TPSA) is 47.3 Å². The summed E-state index contributed by atoms with van der Waals surface area (Å²) < 4.78 is 0. The summed E-state index contributed by atoms with van der Waals surface area (Å²) in [6, 6.07) is 12.8. The van der Waals surface area contributed by atoms with Gasteiger partial charge in [-0.3, -0.25) is 9.69 Å². The largest absolute Gasteiger partial charge is 0.341 e. The van der Waals surface area contributed by atoms with E-state index in [1.165, 1.54) is 5.56 Å². The molecule has 0 bridgehead atoms. The molecule has 24 heavy (non-hydrogen) atoms. The average molecular weight is 325 g/mol. The summed E-state index contributed by atoms with van der Waals surface area (Å²) in [4.78, 5) is 17.2. The molecule has 1 aromatic rings. The van der Waals surface area contributed by atoms with Crippen LogP contribution in [0.4, 0.5) is 0 Å². The van der Waals surface area contributed by atoms with Gasteiger partial charge in [-0.05, 0) is 50.6 Å². The van der Waals surface area contributed by atoms with Gasteiger partial charge in [0.15, 0.2) is 0 Å². The van der Waals surface area contributed by atoms with Gasteiger partial charge >= 0.3 is 0 Å². The van der Waals surface area contributed by atoms with Crippen LogP contribution in [0.1, 0.15) is 38.2 Å². The molecule has 2 fully saturated rings. The predicted octanol–water partition coefficient (Wildman–Crippen LogP) is 3.05. The monoisotopic (exact) mass is 325 g/mol. The van der Waals surface area contributed by atoms with Crippen molar-refractivity contribution >= 4 is 5.91 Å². The number of carbonyl (C=O) groups excluding carboxylic acids is 1. The summed E-state index contributed by atoms with van der Waals surface area (Å²) >= 11 is 0. The highest BCUT2D eigenvalue weighted by Crippen LogP contribution is 2.42. The SMILES string of the molecule is CCN(CC1CCN(Cc2ccccc2)C1)C(=O)C1(C#N)CCC1. The molecule has 1 atom stereocenters. The van der Waals surface area contributed by atoms with E-state index in [0.29, 0.717) is 12.5 Å². The summed E-state index contributed by atoms with van der Waals surface area (Å²) in [7, 11) is 0. The van der Waals surface area contributed by atoms with Gasteiger partial charge in [0.05, 0.1) is 6.07 Å². The number of nitrogens with zero attached hydrogens (tertiary/aromatic N) is 3. The smallest absolute Gasteiger partial charge is 0.243 e. The Morgan fingerprint density at radius 1 is 1.38 bits per heavy atom. The molecular weight excluding hydrogens is 298 g/mol. The van der Waals surface area contributed by atoms with E-state index in [1.807, 2.05) is 17.9 Å². The van der Waals surface area contributed by atoms with Crippen LogP contribution in [0.25, 0.3) is 0 Å². The molecule has 0 radical (unpaired) electrons. The maximum absolute atomic E-state index is 12.8. The van der Waals surface area contributed by atoms with Crippen molar-refractivity contribution in [3.63, 3.8) is 0 Å². The molecular formula is C20H27N3O. The zero-order valence-electron chi connectivity index (χ0n) is 14.6. The van der Waals surface area contributed by atoms with E-state index in [2.05, 4.69) is 35.2 Å². The lowest BCUT2D eigenvalue weighted by Gasteiger charge is -2.38. The quantitative estimate of drug-likeness (QED) is 0.807. The minimum Gasteiger partial charge on any atom is -0.341 e. The van der Waals surface area contributed by atoms with Gasteiger partial charge < -0.3 is 4.90 Å². The van der Waals surface area contributed by atoms with Crippen LogP contribution < -0.4 is 0 Å². The zero-order chi connectivity index (χ0) is 17.0. The number of nitriles is 1. The molecule has 1 aliphatic heterocycles. The van der Waals surface area contributed by atoms with Crippen LogP contribution in [0, 0.1) is 22.7 Å². The Balaban J connectivity index is 1.54. The summed E-state index contributed by atoms with van der Waals surface area (Å²) in [6.45, 7) is 6.65. The van der Waals surface area contributed by atoms with Crippen LogP contribution >= 0.6 is 0 Å². The van der Waals surface area contributed by atoms with Gasteiger partial charge in [-0.1, -0.05) is 30.3 Å². The molecule has 0 N–H and O–H groups in total. The van der Waals surface area contributed by atoms with Crippen molar-refractivity contribution in [1.29, 1.82) is 5.26 Å². The number of benzene rings is 1. The molecule has 4 nitrogen and oxygen atoms in total. The Morgan fingerprint density at radius 3 is 2.71 bits per heavy atom. The van der Waals surface area contributed by atoms with E-state index in [1.54, 1.807) is 0 Å². The molecule has 4 heteroatoms. The highest BCUT2D eigenvalue weighted by atomic mass is 16.2. The second kappa shape index (κ2) is 7.36. The summed E-state index contributed by atoms with van der Waals surface area (Å²) in [6.07, 6.45) is 3.62. The first-order valence-electron chi connectivity index (χ1n) is 9.14. The Labute approximate surface area is 145 Å². The zero-order valence-corrected chi connectivity index (χ0v) is 14.6. The van der Waals surface area contributed by atoms with Gasteiger partial charge in [0.2, 0.25) is 5.91 Å². The Morgan fingerprint density at radius 2 is 2.12 bits per heavy atom. The van der Waals surface area contributed by atoms with Crippen molar-refractivity contribution in [3.05, 3.63) is 35.9 Å². The molecule has 1 saturated carbocycles. The van der Waals surface area contributed by atoms with Crippen LogP contribution in [0.15, 0.2) is 30.3 Å². The molecule has 1 saturated heterocycles. The molecule has 3 rings (SSSR count). The maximum Gasteiger partial charge on any atom is 0.243 e. The molecule has 1 unspecified atom stereocenters. The number of likely N-dealkylation sites (tertiary alicyclic amines) is 1. The van der Waals surface area contributed by atoms with Crippen molar-refractivity contribution in [3.8, 4) is 6.07 Å². The molecule has 128 valence electrons. The summed E-state index contributed by atoms with van der Waals surface area (Å²) in [5.41, 5.74) is 0.637. The minimum atomic E-state index is -0.710. The summed E-state index contributed by atoms with van der Waals surface area (Å²) in [5, 5.41) is 9.41. The van der Waals surface area contributed by atoms with Gasteiger partial charge in [0, 0.05) is 26.2 Å². The minimum absolute atomic E-state index is 0.0697. The fourth-order valence-corrected chi connectivity index (χ4v) is 3.92. The first-order chi connectivity index (χ1) is 11.7. The molecule has 0 spiro atoms. The van der Waals surface area contributed by atoms with Gasteiger partial charge in [-0.25, -0.2) is 0 Å². The van der Waals surface area contributed by atoms with E-state index < -0.39 is 5.41 Å². The molecule has 1 aromatic carbocycles. The van der Waals surface area contributed by atoms with Crippen molar-refractivity contribution < 1.29 is 4.79 Å². The second-order valence-electron chi connectivity index (χ2n) is 7.27. The third-order valence-corrected chi connectivity index (χ3v) is 5.60. The number of hydrogen-bond donors (Lipinski definition) is 0. The van der Waals surface area contributed by atoms with Crippen LogP contribution in [-0.2, 0) is 11.3 Å². The Bertz CT molecular complexity index is 603. The predicted molar refractivity (Wildman–Crippen MR) is 94.0 cm³/mol. The fraction of sp³-hybridized carbons (Fsp3) is 0.600. The van der Waals surface area contributed by atoms with Crippen LogP contribution in [0.5, 0.6) is 0 Å². The number of rotatable bonds is 6. The van der Waals surface area contributed by atoms with Crippen molar-refractivity contribution in [2.24, 2.45) is 11.3 Å². The Hall–Kier alpha value is -1.86. The van der Waals surface area contributed by atoms with Crippen LogP contribution in [0.3, 0.4) is 0 Å². The van der Waals surface area contributed by atoms with Crippen LogP contribution in [-0.4, -0.2) is 41.9 Å². The van der Waals surface area contributed by atoms with Crippen molar-refractivity contribution in [2.75, 3.05) is 26.2 Å². The van der Waals surface area contributed by atoms with Crippen LogP contribution in [0.2, 0.25) is 0 Å². The van der Waals surface area contributed by atoms with Crippen molar-refractivity contribution in [1.82, 2.24) is 9.80 Å². The molecule has 0 aromatic heterocycles. The molecule has 1 aliphatic carbocycles. The lowest BCUT2D eigenvalue weighted by Crippen LogP contribution is -2.48.